The molecule has 0 N–H and O–H groups in total. The zero-order valence-electron chi connectivity index (χ0n) is 14.4. The lowest BCUT2D eigenvalue weighted by Gasteiger charge is -2.55. The average Bonchev–Trinajstić information content (AvgIpc) is 2.86. The molecule has 3 saturated heterocycles. The van der Waals surface area contributed by atoms with Gasteiger partial charge in [0, 0.05) is 13.1 Å². The maximum Gasteiger partial charge on any atom is 0.410 e. The molecular formula is C16H22N6O2. The number of hydrogen-bond acceptors (Lipinski definition) is 6. The van der Waals surface area contributed by atoms with Crippen LogP contribution in [0.4, 0.5) is 10.6 Å². The average molecular weight is 330 g/mol. The summed E-state index contributed by atoms with van der Waals surface area (Å²) in [6.45, 7) is 9.12. The van der Waals surface area contributed by atoms with E-state index >= 15 is 0 Å². The highest BCUT2D eigenvalue weighted by Gasteiger charge is 2.49. The second-order valence-corrected chi connectivity index (χ2v) is 7.54. The molecule has 2 unspecified atom stereocenters. The van der Waals surface area contributed by atoms with Gasteiger partial charge in [0.05, 0.1) is 12.1 Å². The van der Waals surface area contributed by atoms with Gasteiger partial charge >= 0.3 is 6.09 Å². The molecule has 0 radical (unpaired) electrons. The molecule has 8 nitrogen and oxygen atoms in total. The SMILES string of the molecule is Cc1nnc2ccc(N3CC4CC(C3)N4C(=O)OC(C)(C)C)nn12. The highest BCUT2D eigenvalue weighted by Crippen LogP contribution is 2.35. The molecule has 2 atom stereocenters. The number of rotatable bonds is 1. The number of nitrogens with zero attached hydrogens (tertiary/aromatic N) is 6. The summed E-state index contributed by atoms with van der Waals surface area (Å²) in [5.41, 5.74) is 0.285. The van der Waals surface area contributed by atoms with Crippen LogP contribution in [0.5, 0.6) is 0 Å². The maximum atomic E-state index is 12.3. The molecule has 2 aromatic heterocycles. The smallest absolute Gasteiger partial charge is 0.410 e. The first-order valence-electron chi connectivity index (χ1n) is 8.27. The molecule has 8 heteroatoms. The fourth-order valence-corrected chi connectivity index (χ4v) is 3.46. The Morgan fingerprint density at radius 3 is 2.58 bits per heavy atom. The van der Waals surface area contributed by atoms with Crippen LogP contribution in [0, 0.1) is 6.92 Å². The van der Waals surface area contributed by atoms with E-state index < -0.39 is 5.60 Å². The normalized spacial score (nSPS) is 23.3. The molecule has 1 amide bonds. The van der Waals surface area contributed by atoms with Crippen LogP contribution in [0.3, 0.4) is 0 Å². The molecule has 3 fully saturated rings. The number of carbonyl (C=O) groups excluding carboxylic acids is 1. The molecule has 0 spiro atoms. The first kappa shape index (κ1) is 15.2. The van der Waals surface area contributed by atoms with E-state index in [1.165, 1.54) is 0 Å². The number of aromatic nitrogens is 4. The number of ether oxygens (including phenoxy) is 1. The third kappa shape index (κ3) is 2.46. The van der Waals surface area contributed by atoms with E-state index in [2.05, 4.69) is 20.2 Å². The second-order valence-electron chi connectivity index (χ2n) is 7.54. The van der Waals surface area contributed by atoms with Gasteiger partial charge < -0.3 is 9.64 Å². The van der Waals surface area contributed by atoms with Crippen molar-refractivity contribution >= 4 is 17.6 Å². The summed E-state index contributed by atoms with van der Waals surface area (Å²) in [7, 11) is 0. The summed E-state index contributed by atoms with van der Waals surface area (Å²) >= 11 is 0. The number of aryl methyl sites for hydroxylation is 1. The topological polar surface area (TPSA) is 75.9 Å². The van der Waals surface area contributed by atoms with Crippen LogP contribution in [-0.4, -0.2) is 61.6 Å². The van der Waals surface area contributed by atoms with Gasteiger partial charge in [-0.3, -0.25) is 4.90 Å². The Labute approximate surface area is 140 Å². The van der Waals surface area contributed by atoms with Gasteiger partial charge in [0.1, 0.15) is 11.4 Å². The van der Waals surface area contributed by atoms with Crippen molar-refractivity contribution in [2.45, 2.75) is 51.8 Å². The Hall–Kier alpha value is -2.38. The largest absolute Gasteiger partial charge is 0.444 e. The molecule has 0 aliphatic carbocycles. The summed E-state index contributed by atoms with van der Waals surface area (Å²) in [6, 6.07) is 4.27. The zero-order chi connectivity index (χ0) is 17.1. The lowest BCUT2D eigenvalue weighted by molar-refractivity contribution is -0.0380. The number of fused-ring (bicyclic) bond motifs is 3. The van der Waals surface area contributed by atoms with Crippen LogP contribution < -0.4 is 4.90 Å². The van der Waals surface area contributed by atoms with Crippen LogP contribution >= 0.6 is 0 Å². The quantitative estimate of drug-likeness (QED) is 0.791. The highest BCUT2D eigenvalue weighted by molar-refractivity contribution is 5.71. The fourth-order valence-electron chi connectivity index (χ4n) is 3.46. The number of anilines is 1. The minimum atomic E-state index is -0.459. The number of piperazine rings is 1. The van der Waals surface area contributed by atoms with E-state index in [1.807, 2.05) is 44.7 Å². The number of hydrogen-bond donors (Lipinski definition) is 0. The van der Waals surface area contributed by atoms with Crippen LogP contribution in [0.2, 0.25) is 0 Å². The van der Waals surface area contributed by atoms with Crippen LogP contribution in [0.1, 0.15) is 33.0 Å². The monoisotopic (exact) mass is 330 g/mol. The van der Waals surface area contributed by atoms with Crippen molar-refractivity contribution in [2.75, 3.05) is 18.0 Å². The fraction of sp³-hybridized carbons (Fsp3) is 0.625. The molecule has 24 heavy (non-hydrogen) atoms. The summed E-state index contributed by atoms with van der Waals surface area (Å²) in [6.07, 6.45) is 0.824. The number of amides is 1. The maximum absolute atomic E-state index is 12.3. The van der Waals surface area contributed by atoms with E-state index in [4.69, 9.17) is 4.74 Å². The van der Waals surface area contributed by atoms with Crippen molar-refractivity contribution in [3.05, 3.63) is 18.0 Å². The Balaban J connectivity index is 1.49. The summed E-state index contributed by atoms with van der Waals surface area (Å²) in [4.78, 5) is 16.4. The van der Waals surface area contributed by atoms with Gasteiger partial charge in [0.25, 0.3) is 0 Å². The van der Waals surface area contributed by atoms with Gasteiger partial charge in [-0.15, -0.1) is 15.3 Å². The summed E-state index contributed by atoms with van der Waals surface area (Å²) in [5, 5.41) is 12.7. The molecule has 5 rings (SSSR count). The molecule has 0 saturated carbocycles. The first-order chi connectivity index (χ1) is 11.3. The highest BCUT2D eigenvalue weighted by atomic mass is 16.6. The molecule has 2 aromatic rings. The molecule has 2 bridgehead atoms. The van der Waals surface area contributed by atoms with Gasteiger partial charge in [-0.1, -0.05) is 0 Å². The Bertz CT molecular complexity index is 783. The van der Waals surface area contributed by atoms with Crippen molar-refractivity contribution in [1.82, 2.24) is 24.7 Å². The molecule has 3 aliphatic heterocycles. The standard InChI is InChI=1S/C16H22N6O2/c1-10-17-18-13-5-6-14(19-22(10)13)20-8-11-7-12(9-20)21(11)15(23)24-16(2,3)4/h5-6,11-12H,7-9H2,1-4H3. The van der Waals surface area contributed by atoms with Gasteiger partial charge in [-0.05, 0) is 46.2 Å². The third-order valence-electron chi connectivity index (χ3n) is 4.53. The summed E-state index contributed by atoms with van der Waals surface area (Å²) in [5.74, 6) is 1.66. The molecule has 128 valence electrons. The van der Waals surface area contributed by atoms with Gasteiger partial charge in [0.15, 0.2) is 11.5 Å². The lowest BCUT2D eigenvalue weighted by Crippen LogP contribution is -2.70. The molecular weight excluding hydrogens is 308 g/mol. The lowest BCUT2D eigenvalue weighted by atomic mass is 9.88. The van der Waals surface area contributed by atoms with Crippen molar-refractivity contribution in [2.24, 2.45) is 0 Å². The van der Waals surface area contributed by atoms with E-state index in [9.17, 15) is 4.79 Å². The van der Waals surface area contributed by atoms with E-state index in [0.29, 0.717) is 0 Å². The van der Waals surface area contributed by atoms with Gasteiger partial charge in [-0.25, -0.2) is 4.79 Å². The predicted octanol–water partition coefficient (Wildman–Crippen LogP) is 1.63. The van der Waals surface area contributed by atoms with Crippen LogP contribution in [0.25, 0.3) is 5.65 Å². The van der Waals surface area contributed by atoms with E-state index in [0.717, 1.165) is 36.8 Å². The first-order valence-corrected chi connectivity index (χ1v) is 8.27. The number of carbonyl (C=O) groups is 1. The molecule has 3 aliphatic rings. The predicted molar refractivity (Wildman–Crippen MR) is 88.0 cm³/mol. The second kappa shape index (κ2) is 5.06. The zero-order valence-corrected chi connectivity index (χ0v) is 14.4. The Kier molecular flexibility index (Phi) is 3.20. The minimum absolute atomic E-state index is 0.193. The van der Waals surface area contributed by atoms with E-state index in [1.54, 1.807) is 4.52 Å². The summed E-state index contributed by atoms with van der Waals surface area (Å²) < 4.78 is 7.27. The van der Waals surface area contributed by atoms with Crippen LogP contribution in [-0.2, 0) is 4.74 Å². The molecule has 5 heterocycles. The van der Waals surface area contributed by atoms with Crippen molar-refractivity contribution in [3.63, 3.8) is 0 Å². The number of piperidine rings is 1. The van der Waals surface area contributed by atoms with E-state index in [-0.39, 0.29) is 18.2 Å². The Morgan fingerprint density at radius 1 is 1.21 bits per heavy atom. The minimum Gasteiger partial charge on any atom is -0.444 e. The van der Waals surface area contributed by atoms with Crippen molar-refractivity contribution in [1.29, 1.82) is 0 Å². The Morgan fingerprint density at radius 2 is 1.92 bits per heavy atom. The van der Waals surface area contributed by atoms with Crippen LogP contribution in [0.15, 0.2) is 12.1 Å². The van der Waals surface area contributed by atoms with Gasteiger partial charge in [-0.2, -0.15) is 4.52 Å². The molecule has 0 aromatic carbocycles. The van der Waals surface area contributed by atoms with Crippen molar-refractivity contribution in [3.8, 4) is 0 Å². The van der Waals surface area contributed by atoms with Gasteiger partial charge in [0.2, 0.25) is 0 Å². The van der Waals surface area contributed by atoms with Crippen molar-refractivity contribution < 1.29 is 9.53 Å². The third-order valence-corrected chi connectivity index (χ3v) is 4.53.